The number of nitrogens with zero attached hydrogens (tertiary/aromatic N) is 4. The molecule has 1 aromatic rings. The summed E-state index contributed by atoms with van der Waals surface area (Å²) in [4.78, 5) is 6.58. The third-order valence-electron chi connectivity index (χ3n) is 3.35. The Morgan fingerprint density at radius 2 is 2.29 bits per heavy atom. The Kier molecular flexibility index (Phi) is 4.31. The Morgan fingerprint density at radius 3 is 3.00 bits per heavy atom. The van der Waals surface area contributed by atoms with Crippen LogP contribution in [0, 0.1) is 0 Å². The van der Waals surface area contributed by atoms with E-state index in [1.807, 2.05) is 11.0 Å². The third-order valence-corrected chi connectivity index (χ3v) is 3.35. The maximum Gasteiger partial charge on any atom is 0.137 e. The molecule has 0 spiro atoms. The van der Waals surface area contributed by atoms with Crippen LogP contribution in [-0.2, 0) is 6.54 Å². The third kappa shape index (κ3) is 3.66. The summed E-state index contributed by atoms with van der Waals surface area (Å²) in [6.07, 6.45) is 9.68. The van der Waals surface area contributed by atoms with E-state index in [2.05, 4.69) is 34.9 Å². The van der Waals surface area contributed by atoms with E-state index in [9.17, 15) is 0 Å². The van der Waals surface area contributed by atoms with Crippen molar-refractivity contribution >= 4 is 0 Å². The van der Waals surface area contributed by atoms with E-state index >= 15 is 0 Å². The number of likely N-dealkylation sites (tertiary alicyclic amines) is 1. The summed E-state index contributed by atoms with van der Waals surface area (Å²) < 4.78 is 1.95. The van der Waals surface area contributed by atoms with Gasteiger partial charge in [-0.25, -0.2) is 4.98 Å². The van der Waals surface area contributed by atoms with Gasteiger partial charge in [-0.15, -0.1) is 0 Å². The first-order valence-corrected chi connectivity index (χ1v) is 6.45. The highest BCUT2D eigenvalue weighted by atomic mass is 15.3. The molecule has 1 saturated heterocycles. The van der Waals surface area contributed by atoms with Crippen LogP contribution in [0.1, 0.15) is 33.1 Å². The van der Waals surface area contributed by atoms with E-state index in [0.29, 0.717) is 6.04 Å². The van der Waals surface area contributed by atoms with Crippen molar-refractivity contribution < 1.29 is 0 Å². The fourth-order valence-corrected chi connectivity index (χ4v) is 2.35. The molecule has 0 amide bonds. The molecule has 0 aliphatic carbocycles. The Labute approximate surface area is 103 Å². The van der Waals surface area contributed by atoms with Gasteiger partial charge >= 0.3 is 0 Å². The first kappa shape index (κ1) is 12.3. The highest BCUT2D eigenvalue weighted by Crippen LogP contribution is 2.18. The number of rotatable bonds is 4. The monoisotopic (exact) mass is 234 g/mol. The molecule has 0 aromatic carbocycles. The van der Waals surface area contributed by atoms with Gasteiger partial charge in [0.2, 0.25) is 0 Å². The largest absolute Gasteiger partial charge is 0.295 e. The van der Waals surface area contributed by atoms with E-state index < -0.39 is 0 Å². The van der Waals surface area contributed by atoms with Crippen molar-refractivity contribution in [2.45, 2.75) is 45.7 Å². The van der Waals surface area contributed by atoms with Crippen molar-refractivity contribution in [3.63, 3.8) is 0 Å². The summed E-state index contributed by atoms with van der Waals surface area (Å²) in [6, 6.07) is 0.612. The van der Waals surface area contributed by atoms with Crippen LogP contribution in [0.5, 0.6) is 0 Å². The van der Waals surface area contributed by atoms with Crippen molar-refractivity contribution in [2.75, 3.05) is 13.1 Å². The van der Waals surface area contributed by atoms with Gasteiger partial charge in [0.05, 0.1) is 6.54 Å². The first-order valence-electron chi connectivity index (χ1n) is 6.45. The summed E-state index contributed by atoms with van der Waals surface area (Å²) in [5.41, 5.74) is 1.40. The van der Waals surface area contributed by atoms with Crippen LogP contribution in [0.4, 0.5) is 0 Å². The molecule has 4 nitrogen and oxygen atoms in total. The fraction of sp³-hybridized carbons (Fsp3) is 0.692. The summed E-state index contributed by atoms with van der Waals surface area (Å²) in [6.45, 7) is 7.58. The number of piperidine rings is 1. The molecule has 0 N–H and O–H groups in total. The molecule has 0 radical (unpaired) electrons. The average Bonchev–Trinajstić information content (AvgIpc) is 2.80. The lowest BCUT2D eigenvalue weighted by Gasteiger charge is -2.34. The lowest BCUT2D eigenvalue weighted by Crippen LogP contribution is -2.42. The summed E-state index contributed by atoms with van der Waals surface area (Å²) in [5, 5.41) is 4.20. The van der Waals surface area contributed by atoms with Gasteiger partial charge in [-0.05, 0) is 33.2 Å². The van der Waals surface area contributed by atoms with Gasteiger partial charge in [0.15, 0.2) is 0 Å². The van der Waals surface area contributed by atoms with E-state index in [1.54, 1.807) is 6.33 Å². The molecule has 1 aliphatic heterocycles. The average molecular weight is 234 g/mol. The molecule has 0 bridgehead atoms. The van der Waals surface area contributed by atoms with Gasteiger partial charge in [0.25, 0.3) is 0 Å². The molecular weight excluding hydrogens is 212 g/mol. The van der Waals surface area contributed by atoms with Gasteiger partial charge in [-0.2, -0.15) is 5.10 Å². The molecule has 4 heteroatoms. The SMILES string of the molecule is CC(C)=CCN1CCCC[C@@H]1Cn1cncn1. The second-order valence-electron chi connectivity index (χ2n) is 5.04. The number of hydrogen-bond donors (Lipinski definition) is 0. The predicted molar refractivity (Wildman–Crippen MR) is 68.7 cm³/mol. The highest BCUT2D eigenvalue weighted by Gasteiger charge is 2.21. The van der Waals surface area contributed by atoms with Crippen LogP contribution in [0.3, 0.4) is 0 Å². The maximum absolute atomic E-state index is 4.20. The zero-order valence-electron chi connectivity index (χ0n) is 10.8. The predicted octanol–water partition coefficient (Wildman–Crippen LogP) is 2.10. The second kappa shape index (κ2) is 5.96. The molecular formula is C13H22N4. The van der Waals surface area contributed by atoms with Gasteiger partial charge < -0.3 is 0 Å². The quantitative estimate of drug-likeness (QED) is 0.748. The van der Waals surface area contributed by atoms with Crippen LogP contribution in [0.15, 0.2) is 24.3 Å². The van der Waals surface area contributed by atoms with Crippen molar-refractivity contribution in [1.82, 2.24) is 19.7 Å². The van der Waals surface area contributed by atoms with Gasteiger partial charge in [-0.3, -0.25) is 9.58 Å². The van der Waals surface area contributed by atoms with Crippen LogP contribution >= 0.6 is 0 Å². The summed E-state index contributed by atoms with van der Waals surface area (Å²) in [5.74, 6) is 0. The first-order chi connectivity index (χ1) is 8.25. The number of aromatic nitrogens is 3. The zero-order chi connectivity index (χ0) is 12.1. The number of allylic oxidation sites excluding steroid dienone is 1. The molecule has 2 heterocycles. The molecule has 0 unspecified atom stereocenters. The van der Waals surface area contributed by atoms with Crippen LogP contribution < -0.4 is 0 Å². The van der Waals surface area contributed by atoms with E-state index in [1.165, 1.54) is 31.4 Å². The van der Waals surface area contributed by atoms with Crippen LogP contribution in [-0.4, -0.2) is 38.8 Å². The standard InChI is InChI=1S/C13H22N4/c1-12(2)6-8-16-7-4-3-5-13(16)9-17-11-14-10-15-17/h6,10-11,13H,3-5,7-9H2,1-2H3/t13-/m1/s1. The number of hydrogen-bond acceptors (Lipinski definition) is 3. The van der Waals surface area contributed by atoms with E-state index in [0.717, 1.165) is 13.1 Å². The Morgan fingerprint density at radius 1 is 1.41 bits per heavy atom. The lowest BCUT2D eigenvalue weighted by atomic mass is 10.0. The summed E-state index contributed by atoms with van der Waals surface area (Å²) in [7, 11) is 0. The van der Waals surface area contributed by atoms with Gasteiger partial charge in [0.1, 0.15) is 12.7 Å². The summed E-state index contributed by atoms with van der Waals surface area (Å²) >= 11 is 0. The minimum atomic E-state index is 0.612. The Balaban J connectivity index is 1.94. The van der Waals surface area contributed by atoms with Gasteiger partial charge in [-0.1, -0.05) is 18.1 Å². The molecule has 1 aromatic heterocycles. The minimum Gasteiger partial charge on any atom is -0.295 e. The fourth-order valence-electron chi connectivity index (χ4n) is 2.35. The molecule has 94 valence electrons. The van der Waals surface area contributed by atoms with Crippen molar-refractivity contribution in [2.24, 2.45) is 0 Å². The molecule has 2 rings (SSSR count). The maximum atomic E-state index is 4.20. The molecule has 0 saturated carbocycles. The second-order valence-corrected chi connectivity index (χ2v) is 5.04. The van der Waals surface area contributed by atoms with Crippen molar-refractivity contribution in [1.29, 1.82) is 0 Å². The molecule has 17 heavy (non-hydrogen) atoms. The van der Waals surface area contributed by atoms with Crippen molar-refractivity contribution in [3.05, 3.63) is 24.3 Å². The normalized spacial score (nSPS) is 21.4. The molecule has 1 aliphatic rings. The molecule has 1 atom stereocenters. The Hall–Kier alpha value is -1.16. The lowest BCUT2D eigenvalue weighted by molar-refractivity contribution is 0.144. The molecule has 1 fully saturated rings. The van der Waals surface area contributed by atoms with E-state index in [-0.39, 0.29) is 0 Å². The van der Waals surface area contributed by atoms with Crippen LogP contribution in [0.2, 0.25) is 0 Å². The minimum absolute atomic E-state index is 0.612. The highest BCUT2D eigenvalue weighted by molar-refractivity contribution is 4.96. The smallest absolute Gasteiger partial charge is 0.137 e. The zero-order valence-corrected chi connectivity index (χ0v) is 10.8. The van der Waals surface area contributed by atoms with Crippen LogP contribution in [0.25, 0.3) is 0 Å². The van der Waals surface area contributed by atoms with E-state index in [4.69, 9.17) is 0 Å². The topological polar surface area (TPSA) is 34.0 Å². The Bertz CT molecular complexity index is 352. The van der Waals surface area contributed by atoms with Crippen molar-refractivity contribution in [3.8, 4) is 0 Å². The van der Waals surface area contributed by atoms with Gasteiger partial charge in [0, 0.05) is 12.6 Å².